The number of alkyl halides is 3. The van der Waals surface area contributed by atoms with Crippen LogP contribution in [0.4, 0.5) is 13.2 Å². The molecule has 1 aromatic rings. The minimum absolute atomic E-state index is 0.0490. The molecule has 2 N–H and O–H groups in total. The van der Waals surface area contributed by atoms with Gasteiger partial charge in [-0.1, -0.05) is 0 Å². The number of hydrogen-bond acceptors (Lipinski definition) is 5. The zero-order valence-electron chi connectivity index (χ0n) is 9.67. The largest absolute Gasteiger partial charge is 0.574 e. The third-order valence-electron chi connectivity index (χ3n) is 2.18. The smallest absolute Gasteiger partial charge is 0.464 e. The number of pyridine rings is 1. The van der Waals surface area contributed by atoms with Gasteiger partial charge in [0.2, 0.25) is 5.88 Å². The number of aromatic nitrogens is 1. The van der Waals surface area contributed by atoms with Crippen molar-refractivity contribution in [2.24, 2.45) is 5.73 Å². The van der Waals surface area contributed by atoms with Crippen LogP contribution in [-0.2, 0) is 11.3 Å². The Kier molecular flexibility index (Phi) is 4.12. The summed E-state index contributed by atoms with van der Waals surface area (Å²) in [7, 11) is 1.10. The van der Waals surface area contributed by atoms with E-state index in [9.17, 15) is 18.0 Å². The molecule has 0 fully saturated rings. The molecule has 0 unspecified atom stereocenters. The van der Waals surface area contributed by atoms with Gasteiger partial charge in [0.05, 0.1) is 7.11 Å². The predicted octanol–water partition coefficient (Wildman–Crippen LogP) is 1.53. The molecule has 0 atom stereocenters. The fourth-order valence-electron chi connectivity index (χ4n) is 1.31. The molecule has 0 aliphatic rings. The molecule has 100 valence electrons. The summed E-state index contributed by atoms with van der Waals surface area (Å²) in [6.45, 7) is 1.46. The maximum absolute atomic E-state index is 12.1. The van der Waals surface area contributed by atoms with Gasteiger partial charge in [-0.2, -0.15) is 0 Å². The van der Waals surface area contributed by atoms with Crippen molar-refractivity contribution in [1.29, 1.82) is 0 Å². The van der Waals surface area contributed by atoms with Gasteiger partial charge in [-0.25, -0.2) is 9.78 Å². The molecule has 0 saturated carbocycles. The molecule has 0 aliphatic heterocycles. The first-order valence-corrected chi connectivity index (χ1v) is 4.83. The fraction of sp³-hybridized carbons (Fsp3) is 0.400. The molecule has 1 rings (SSSR count). The lowest BCUT2D eigenvalue weighted by atomic mass is 10.1. The summed E-state index contributed by atoms with van der Waals surface area (Å²) in [6, 6.07) is 1.04. The minimum Gasteiger partial charge on any atom is -0.464 e. The van der Waals surface area contributed by atoms with E-state index >= 15 is 0 Å². The summed E-state index contributed by atoms with van der Waals surface area (Å²) < 4.78 is 44.3. The quantitative estimate of drug-likeness (QED) is 0.838. The molecule has 0 radical (unpaired) electrons. The molecule has 8 heteroatoms. The highest BCUT2D eigenvalue weighted by atomic mass is 19.4. The second kappa shape index (κ2) is 5.21. The Hall–Kier alpha value is -1.83. The van der Waals surface area contributed by atoms with E-state index in [0.29, 0.717) is 11.1 Å². The molecule has 0 spiro atoms. The Morgan fingerprint density at radius 1 is 1.50 bits per heavy atom. The van der Waals surface area contributed by atoms with Gasteiger partial charge in [-0.05, 0) is 18.1 Å². The highest BCUT2D eigenvalue weighted by Gasteiger charge is 2.32. The van der Waals surface area contributed by atoms with Gasteiger partial charge in [-0.15, -0.1) is 13.2 Å². The maximum Gasteiger partial charge on any atom is 0.574 e. The van der Waals surface area contributed by atoms with Crippen molar-refractivity contribution in [3.8, 4) is 5.88 Å². The van der Waals surface area contributed by atoms with Crippen molar-refractivity contribution in [2.45, 2.75) is 19.8 Å². The molecule has 18 heavy (non-hydrogen) atoms. The Bertz CT molecular complexity index is 460. The second-order valence-electron chi connectivity index (χ2n) is 3.34. The molecular weight excluding hydrogens is 253 g/mol. The van der Waals surface area contributed by atoms with Gasteiger partial charge < -0.3 is 15.2 Å². The van der Waals surface area contributed by atoms with E-state index in [2.05, 4.69) is 14.5 Å². The van der Waals surface area contributed by atoms with E-state index in [1.54, 1.807) is 0 Å². The van der Waals surface area contributed by atoms with E-state index in [0.717, 1.165) is 13.2 Å². The average Bonchev–Trinajstić information content (AvgIpc) is 2.28. The van der Waals surface area contributed by atoms with Crippen LogP contribution in [0.25, 0.3) is 0 Å². The summed E-state index contributed by atoms with van der Waals surface area (Å²) >= 11 is 0. The molecule has 5 nitrogen and oxygen atoms in total. The first-order valence-electron chi connectivity index (χ1n) is 4.83. The molecular formula is C10H11F3N2O3. The highest BCUT2D eigenvalue weighted by Crippen LogP contribution is 2.24. The minimum atomic E-state index is -4.89. The topological polar surface area (TPSA) is 74.4 Å². The molecule has 0 amide bonds. The maximum atomic E-state index is 12.1. The van der Waals surface area contributed by atoms with Crippen LogP contribution in [0.5, 0.6) is 5.88 Å². The number of halogens is 3. The summed E-state index contributed by atoms with van der Waals surface area (Å²) in [4.78, 5) is 14.8. The zero-order valence-corrected chi connectivity index (χ0v) is 9.67. The second-order valence-corrected chi connectivity index (χ2v) is 3.34. The molecule has 1 heterocycles. The van der Waals surface area contributed by atoms with Crippen LogP contribution >= 0.6 is 0 Å². The number of nitrogens with zero attached hydrogens (tertiary/aromatic N) is 1. The van der Waals surface area contributed by atoms with Crippen LogP contribution < -0.4 is 10.5 Å². The summed E-state index contributed by atoms with van der Waals surface area (Å²) in [6.07, 6.45) is -4.89. The number of rotatable bonds is 3. The lowest BCUT2D eigenvalue weighted by molar-refractivity contribution is -0.276. The number of hydrogen-bond donors (Lipinski definition) is 1. The third kappa shape index (κ3) is 3.33. The molecule has 0 aliphatic carbocycles. The van der Waals surface area contributed by atoms with Crippen LogP contribution in [0.2, 0.25) is 0 Å². The van der Waals surface area contributed by atoms with Gasteiger partial charge in [0.1, 0.15) is 0 Å². The Balaban J connectivity index is 3.26. The SMILES string of the molecule is COC(=O)c1nc(OC(F)(F)F)cc(CN)c1C. The van der Waals surface area contributed by atoms with Crippen LogP contribution in [0.15, 0.2) is 6.07 Å². The van der Waals surface area contributed by atoms with Crippen LogP contribution in [0, 0.1) is 6.92 Å². The number of carbonyl (C=O) groups is 1. The van der Waals surface area contributed by atoms with Gasteiger partial charge in [0.25, 0.3) is 0 Å². The van der Waals surface area contributed by atoms with E-state index in [4.69, 9.17) is 5.73 Å². The third-order valence-corrected chi connectivity index (χ3v) is 2.18. The van der Waals surface area contributed by atoms with Gasteiger partial charge >= 0.3 is 12.3 Å². The number of ether oxygens (including phenoxy) is 2. The fourth-order valence-corrected chi connectivity index (χ4v) is 1.31. The first kappa shape index (κ1) is 14.2. The monoisotopic (exact) mass is 264 g/mol. The van der Waals surface area contributed by atoms with E-state index in [1.807, 2.05) is 0 Å². The lowest BCUT2D eigenvalue weighted by Crippen LogP contribution is -2.20. The molecule has 0 bridgehead atoms. The molecule has 0 saturated heterocycles. The zero-order chi connectivity index (χ0) is 13.9. The Morgan fingerprint density at radius 3 is 2.56 bits per heavy atom. The van der Waals surface area contributed by atoms with Crippen molar-refractivity contribution >= 4 is 5.97 Å². The average molecular weight is 264 g/mol. The first-order chi connectivity index (χ1) is 8.28. The van der Waals surface area contributed by atoms with Crippen LogP contribution in [-0.4, -0.2) is 24.4 Å². The summed E-state index contributed by atoms with van der Waals surface area (Å²) in [5, 5.41) is 0. The van der Waals surface area contributed by atoms with Crippen molar-refractivity contribution in [2.75, 3.05) is 7.11 Å². The van der Waals surface area contributed by atoms with Gasteiger partial charge in [0, 0.05) is 12.6 Å². The van der Waals surface area contributed by atoms with E-state index in [-0.39, 0.29) is 12.2 Å². The number of nitrogens with two attached hydrogens (primary N) is 1. The van der Waals surface area contributed by atoms with Crippen molar-refractivity contribution in [3.63, 3.8) is 0 Å². The van der Waals surface area contributed by atoms with Crippen molar-refractivity contribution in [3.05, 3.63) is 22.9 Å². The number of carbonyl (C=O) groups excluding carboxylic acids is 1. The standard InChI is InChI=1S/C10H11F3N2O3/c1-5-6(4-14)3-7(18-10(11,12)13)15-8(5)9(16)17-2/h3H,4,14H2,1-2H3. The molecule has 1 aromatic heterocycles. The van der Waals surface area contributed by atoms with Crippen LogP contribution in [0.1, 0.15) is 21.6 Å². The summed E-state index contributed by atoms with van der Waals surface area (Å²) in [5.74, 6) is -1.59. The predicted molar refractivity (Wildman–Crippen MR) is 54.9 cm³/mol. The van der Waals surface area contributed by atoms with Crippen LogP contribution in [0.3, 0.4) is 0 Å². The van der Waals surface area contributed by atoms with E-state index in [1.165, 1.54) is 6.92 Å². The molecule has 0 aromatic carbocycles. The number of methoxy groups -OCH3 is 1. The van der Waals surface area contributed by atoms with Gasteiger partial charge in [0.15, 0.2) is 5.69 Å². The van der Waals surface area contributed by atoms with Crippen molar-refractivity contribution < 1.29 is 27.4 Å². The van der Waals surface area contributed by atoms with Gasteiger partial charge in [-0.3, -0.25) is 0 Å². The Labute approximate surface area is 101 Å². The highest BCUT2D eigenvalue weighted by molar-refractivity contribution is 5.89. The van der Waals surface area contributed by atoms with Crippen molar-refractivity contribution in [1.82, 2.24) is 4.98 Å². The normalized spacial score (nSPS) is 11.2. The summed E-state index contributed by atoms with van der Waals surface area (Å²) in [5.41, 5.74) is 5.81. The lowest BCUT2D eigenvalue weighted by Gasteiger charge is -2.13. The van der Waals surface area contributed by atoms with E-state index < -0.39 is 18.2 Å². The number of esters is 1. The Morgan fingerprint density at radius 2 is 2.11 bits per heavy atom.